The van der Waals surface area contributed by atoms with E-state index in [1.807, 2.05) is 31.2 Å². The first-order chi connectivity index (χ1) is 14.7. The molecule has 0 bridgehead atoms. The van der Waals surface area contributed by atoms with E-state index in [0.717, 1.165) is 27.9 Å². The highest BCUT2D eigenvalue weighted by atomic mass is 79.9. The number of para-hydroxylation sites is 1. The molecule has 0 saturated heterocycles. The lowest BCUT2D eigenvalue weighted by Crippen LogP contribution is -2.33. The molecule has 3 aromatic rings. The zero-order valence-electron chi connectivity index (χ0n) is 16.7. The fraction of sp³-hybridized carbons (Fsp3) is 0.261. The molecule has 0 spiro atoms. The lowest BCUT2D eigenvalue weighted by molar-refractivity contribution is -0.0192. The van der Waals surface area contributed by atoms with Gasteiger partial charge in [-0.15, -0.1) is 11.3 Å². The third kappa shape index (κ3) is 3.26. The van der Waals surface area contributed by atoms with Gasteiger partial charge in [-0.3, -0.25) is 0 Å². The molecule has 7 heteroatoms. The van der Waals surface area contributed by atoms with E-state index in [-0.39, 0.29) is 12.3 Å². The summed E-state index contributed by atoms with van der Waals surface area (Å²) < 4.78 is 18.7. The molecule has 0 radical (unpaired) electrons. The summed E-state index contributed by atoms with van der Waals surface area (Å²) in [5, 5.41) is 9.18. The number of thiophene rings is 1. The number of methoxy groups -OCH3 is 1. The Labute approximate surface area is 188 Å². The van der Waals surface area contributed by atoms with Crippen molar-refractivity contribution in [3.8, 4) is 17.2 Å². The van der Waals surface area contributed by atoms with Crippen LogP contribution in [0.2, 0.25) is 0 Å². The number of hydrogen-bond acceptors (Lipinski definition) is 6. The van der Waals surface area contributed by atoms with Crippen LogP contribution in [0.3, 0.4) is 0 Å². The number of hydrogen-bond donors (Lipinski definition) is 0. The smallest absolute Gasteiger partial charge is 0.214 e. The van der Waals surface area contributed by atoms with Gasteiger partial charge in [-0.05, 0) is 52.5 Å². The first-order valence-corrected chi connectivity index (χ1v) is 11.5. The monoisotopic (exact) mass is 484 g/mol. The molecule has 154 valence electrons. The van der Waals surface area contributed by atoms with Gasteiger partial charge in [-0.2, -0.15) is 5.10 Å². The summed E-state index contributed by atoms with van der Waals surface area (Å²) in [5.74, 6) is 2.26. The highest BCUT2D eigenvalue weighted by Crippen LogP contribution is 2.49. The Morgan fingerprint density at radius 1 is 1.23 bits per heavy atom. The summed E-state index contributed by atoms with van der Waals surface area (Å²) >= 11 is 5.35. The van der Waals surface area contributed by atoms with Crippen LogP contribution in [0.4, 0.5) is 0 Å². The fourth-order valence-electron chi connectivity index (χ4n) is 4.04. The quantitative estimate of drug-likeness (QED) is 0.434. The molecular formula is C23H21BrN2O3S. The molecule has 2 unspecified atom stereocenters. The summed E-state index contributed by atoms with van der Waals surface area (Å²) in [6.45, 7) is 2.51. The van der Waals surface area contributed by atoms with Gasteiger partial charge in [0.05, 0.1) is 34.8 Å². The number of fused-ring (bicyclic) bond motifs is 3. The van der Waals surface area contributed by atoms with Crippen LogP contribution < -0.4 is 14.2 Å². The largest absolute Gasteiger partial charge is 0.492 e. The number of hydrazone groups is 1. The van der Waals surface area contributed by atoms with Crippen molar-refractivity contribution in [3.05, 3.63) is 74.4 Å². The average Bonchev–Trinajstić information content (AvgIpc) is 3.43. The van der Waals surface area contributed by atoms with Crippen molar-refractivity contribution in [1.29, 1.82) is 0 Å². The number of nitrogens with zero attached hydrogens (tertiary/aromatic N) is 2. The van der Waals surface area contributed by atoms with Crippen LogP contribution in [0.25, 0.3) is 0 Å². The van der Waals surface area contributed by atoms with Gasteiger partial charge < -0.3 is 14.2 Å². The fourth-order valence-corrected chi connectivity index (χ4v) is 5.38. The number of benzene rings is 2. The Morgan fingerprint density at radius 3 is 2.87 bits per heavy atom. The first-order valence-electron chi connectivity index (χ1n) is 9.85. The lowest BCUT2D eigenvalue weighted by Gasteiger charge is -2.38. The van der Waals surface area contributed by atoms with Crippen molar-refractivity contribution in [2.75, 3.05) is 13.7 Å². The molecule has 0 fully saturated rings. The molecule has 2 atom stereocenters. The van der Waals surface area contributed by atoms with Crippen LogP contribution >= 0.6 is 27.3 Å². The SMILES string of the molecule is CCOc1cc(C2Oc3ccccc3C3CC(c4cccs4)=NN32)cc(Br)c1OC. The van der Waals surface area contributed by atoms with Gasteiger partial charge in [0.25, 0.3) is 0 Å². The molecule has 2 aliphatic rings. The van der Waals surface area contributed by atoms with Crippen LogP contribution in [-0.4, -0.2) is 24.4 Å². The first kappa shape index (κ1) is 19.5. The normalized spacial score (nSPS) is 19.6. The van der Waals surface area contributed by atoms with Crippen molar-refractivity contribution < 1.29 is 14.2 Å². The number of rotatable bonds is 5. The molecule has 3 heterocycles. The Kier molecular flexibility index (Phi) is 5.16. The van der Waals surface area contributed by atoms with E-state index >= 15 is 0 Å². The second-order valence-electron chi connectivity index (χ2n) is 7.10. The molecular weight excluding hydrogens is 464 g/mol. The molecule has 0 aliphatic carbocycles. The highest BCUT2D eigenvalue weighted by Gasteiger charge is 2.41. The topological polar surface area (TPSA) is 43.3 Å². The third-order valence-corrected chi connectivity index (χ3v) is 6.83. The summed E-state index contributed by atoms with van der Waals surface area (Å²) in [6.07, 6.45) is 0.497. The van der Waals surface area contributed by atoms with Gasteiger partial charge >= 0.3 is 0 Å². The zero-order valence-corrected chi connectivity index (χ0v) is 19.1. The van der Waals surface area contributed by atoms with Gasteiger partial charge in [0.1, 0.15) is 5.75 Å². The molecule has 0 saturated carbocycles. The van der Waals surface area contributed by atoms with E-state index in [9.17, 15) is 0 Å². The molecule has 2 aliphatic heterocycles. The number of halogens is 1. The third-order valence-electron chi connectivity index (χ3n) is 5.33. The van der Waals surface area contributed by atoms with Crippen LogP contribution in [0.1, 0.15) is 41.6 Å². The van der Waals surface area contributed by atoms with Gasteiger partial charge in [0.2, 0.25) is 6.23 Å². The maximum atomic E-state index is 6.46. The van der Waals surface area contributed by atoms with Crippen molar-refractivity contribution in [1.82, 2.24) is 5.01 Å². The maximum Gasteiger partial charge on any atom is 0.214 e. The standard InChI is InChI=1S/C23H21BrN2O3S/c1-3-28-20-12-14(11-16(24)22(20)27-2)23-26-18(15-7-4-5-8-19(15)29-23)13-17(25-26)21-9-6-10-30-21/h4-12,18,23H,3,13H2,1-2H3. The van der Waals surface area contributed by atoms with Gasteiger partial charge in [0.15, 0.2) is 11.5 Å². The van der Waals surface area contributed by atoms with E-state index in [2.05, 4.69) is 50.6 Å². The second kappa shape index (κ2) is 7.96. The average molecular weight is 485 g/mol. The van der Waals surface area contributed by atoms with E-state index in [0.29, 0.717) is 18.1 Å². The van der Waals surface area contributed by atoms with Gasteiger partial charge in [-0.25, -0.2) is 5.01 Å². The van der Waals surface area contributed by atoms with Crippen LogP contribution in [0.5, 0.6) is 17.2 Å². The Hall–Kier alpha value is -2.51. The minimum Gasteiger partial charge on any atom is -0.492 e. The van der Waals surface area contributed by atoms with Crippen molar-refractivity contribution in [3.63, 3.8) is 0 Å². The summed E-state index contributed by atoms with van der Waals surface area (Å²) in [4.78, 5) is 1.20. The summed E-state index contributed by atoms with van der Waals surface area (Å²) in [7, 11) is 1.64. The van der Waals surface area contributed by atoms with E-state index in [1.165, 1.54) is 10.4 Å². The minimum absolute atomic E-state index is 0.133. The maximum absolute atomic E-state index is 6.46. The predicted molar refractivity (Wildman–Crippen MR) is 122 cm³/mol. The number of ether oxygens (including phenoxy) is 3. The molecule has 5 nitrogen and oxygen atoms in total. The second-order valence-corrected chi connectivity index (χ2v) is 8.90. The predicted octanol–water partition coefficient (Wildman–Crippen LogP) is 6.16. The van der Waals surface area contributed by atoms with Gasteiger partial charge in [0, 0.05) is 17.5 Å². The lowest BCUT2D eigenvalue weighted by atomic mass is 9.97. The van der Waals surface area contributed by atoms with Crippen LogP contribution in [0.15, 0.2) is 63.5 Å². The summed E-state index contributed by atoms with van der Waals surface area (Å²) in [6, 6.07) is 16.6. The van der Waals surface area contributed by atoms with E-state index in [1.54, 1.807) is 18.4 Å². The zero-order chi connectivity index (χ0) is 20.7. The molecule has 2 aromatic carbocycles. The Morgan fingerprint density at radius 2 is 2.10 bits per heavy atom. The van der Waals surface area contributed by atoms with Crippen molar-refractivity contribution >= 4 is 33.0 Å². The van der Waals surface area contributed by atoms with Crippen LogP contribution in [-0.2, 0) is 0 Å². The molecule has 30 heavy (non-hydrogen) atoms. The van der Waals surface area contributed by atoms with E-state index in [4.69, 9.17) is 19.3 Å². The molecule has 0 amide bonds. The molecule has 5 rings (SSSR count). The minimum atomic E-state index is -0.358. The summed E-state index contributed by atoms with van der Waals surface area (Å²) in [5.41, 5.74) is 3.22. The Balaban J connectivity index is 1.61. The van der Waals surface area contributed by atoms with E-state index < -0.39 is 0 Å². The van der Waals surface area contributed by atoms with Gasteiger partial charge in [-0.1, -0.05) is 24.3 Å². The van der Waals surface area contributed by atoms with Crippen molar-refractivity contribution in [2.45, 2.75) is 25.6 Å². The van der Waals surface area contributed by atoms with Crippen LogP contribution in [0, 0.1) is 0 Å². The highest BCUT2D eigenvalue weighted by molar-refractivity contribution is 9.10. The molecule has 0 N–H and O–H groups in total. The Bertz CT molecular complexity index is 1100. The molecule has 1 aromatic heterocycles. The van der Waals surface area contributed by atoms with Crippen molar-refractivity contribution in [2.24, 2.45) is 5.10 Å².